The van der Waals surface area contributed by atoms with Crippen LogP contribution < -0.4 is 0 Å². The largest absolute Gasteiger partial charge is 0.197 e. The SMILES string of the molecule is CCCCCCCC(CCCCCC)c1ccsn1. The zero-order valence-corrected chi connectivity index (χ0v) is 13.7. The van der Waals surface area contributed by atoms with Gasteiger partial charge in [0.05, 0.1) is 5.69 Å². The van der Waals surface area contributed by atoms with Crippen LogP contribution in [0.1, 0.15) is 96.1 Å². The summed E-state index contributed by atoms with van der Waals surface area (Å²) in [5, 5.41) is 2.13. The third-order valence-electron chi connectivity index (χ3n) is 3.94. The summed E-state index contributed by atoms with van der Waals surface area (Å²) < 4.78 is 4.57. The van der Waals surface area contributed by atoms with E-state index in [1.54, 1.807) is 11.5 Å². The predicted molar refractivity (Wildman–Crippen MR) is 87.0 cm³/mol. The highest BCUT2D eigenvalue weighted by Crippen LogP contribution is 2.28. The van der Waals surface area contributed by atoms with Gasteiger partial charge in [-0.2, -0.15) is 4.37 Å². The van der Waals surface area contributed by atoms with Crippen LogP contribution in [0.25, 0.3) is 0 Å². The Labute approximate surface area is 124 Å². The average molecular weight is 282 g/mol. The van der Waals surface area contributed by atoms with Crippen molar-refractivity contribution >= 4 is 11.5 Å². The van der Waals surface area contributed by atoms with Gasteiger partial charge in [0.2, 0.25) is 0 Å². The predicted octanol–water partition coefficient (Wildman–Crippen LogP) is 6.56. The lowest BCUT2D eigenvalue weighted by molar-refractivity contribution is 0.488. The summed E-state index contributed by atoms with van der Waals surface area (Å²) >= 11 is 1.61. The molecule has 1 nitrogen and oxygen atoms in total. The molecule has 1 heterocycles. The van der Waals surface area contributed by atoms with Gasteiger partial charge >= 0.3 is 0 Å². The van der Waals surface area contributed by atoms with Gasteiger partial charge in [-0.05, 0) is 30.4 Å². The van der Waals surface area contributed by atoms with E-state index in [1.807, 2.05) is 0 Å². The molecule has 0 aliphatic rings. The molecule has 2 heteroatoms. The molecule has 0 saturated heterocycles. The minimum Gasteiger partial charge on any atom is -0.197 e. The number of hydrogen-bond donors (Lipinski definition) is 0. The van der Waals surface area contributed by atoms with Crippen LogP contribution in [0.3, 0.4) is 0 Å². The van der Waals surface area contributed by atoms with E-state index in [9.17, 15) is 0 Å². The summed E-state index contributed by atoms with van der Waals surface area (Å²) in [4.78, 5) is 0. The number of unbranched alkanes of at least 4 members (excludes halogenated alkanes) is 7. The lowest BCUT2D eigenvalue weighted by Crippen LogP contribution is -2.00. The molecule has 0 fully saturated rings. The van der Waals surface area contributed by atoms with Crippen LogP contribution in [0.15, 0.2) is 11.4 Å². The van der Waals surface area contributed by atoms with Gasteiger partial charge in [0.15, 0.2) is 0 Å². The van der Waals surface area contributed by atoms with E-state index in [4.69, 9.17) is 0 Å². The van der Waals surface area contributed by atoms with Crippen LogP contribution in [-0.4, -0.2) is 4.37 Å². The molecule has 0 radical (unpaired) electrons. The summed E-state index contributed by atoms with van der Waals surface area (Å²) in [5.74, 6) is 0.727. The molecule has 0 aliphatic carbocycles. The molecule has 0 N–H and O–H groups in total. The molecule has 110 valence electrons. The lowest BCUT2D eigenvalue weighted by atomic mass is 9.92. The monoisotopic (exact) mass is 281 g/mol. The summed E-state index contributed by atoms with van der Waals surface area (Å²) in [7, 11) is 0. The maximum absolute atomic E-state index is 4.57. The fourth-order valence-corrected chi connectivity index (χ4v) is 3.28. The van der Waals surface area contributed by atoms with Gasteiger partial charge in [0, 0.05) is 11.3 Å². The number of hydrogen-bond acceptors (Lipinski definition) is 2. The summed E-state index contributed by atoms with van der Waals surface area (Å²) in [6, 6.07) is 2.24. The van der Waals surface area contributed by atoms with E-state index in [0.29, 0.717) is 0 Å². The van der Waals surface area contributed by atoms with Gasteiger partial charge in [-0.3, -0.25) is 0 Å². The average Bonchev–Trinajstić information content (AvgIpc) is 2.95. The summed E-state index contributed by atoms with van der Waals surface area (Å²) in [6.45, 7) is 4.57. The standard InChI is InChI=1S/C17H31NS/c1-3-5-7-9-11-13-16(12-10-8-6-4-2)17-14-15-19-18-17/h14-16H,3-13H2,1-2H3. The van der Waals surface area contributed by atoms with Crippen LogP contribution >= 0.6 is 11.5 Å². The van der Waals surface area contributed by atoms with Crippen molar-refractivity contribution < 1.29 is 0 Å². The smallest absolute Gasteiger partial charge is 0.0573 e. The van der Waals surface area contributed by atoms with Crippen LogP contribution in [-0.2, 0) is 0 Å². The second-order valence-corrected chi connectivity index (χ2v) is 6.34. The molecule has 1 rings (SSSR count). The van der Waals surface area contributed by atoms with Crippen molar-refractivity contribution in [2.24, 2.45) is 0 Å². The summed E-state index contributed by atoms with van der Waals surface area (Å²) in [6.07, 6.45) is 15.1. The van der Waals surface area contributed by atoms with Crippen LogP contribution in [0.5, 0.6) is 0 Å². The van der Waals surface area contributed by atoms with Gasteiger partial charge in [0.1, 0.15) is 0 Å². The third kappa shape index (κ3) is 7.71. The lowest BCUT2D eigenvalue weighted by Gasteiger charge is -2.14. The highest BCUT2D eigenvalue weighted by molar-refractivity contribution is 7.03. The zero-order valence-electron chi connectivity index (χ0n) is 12.9. The number of aromatic nitrogens is 1. The fourth-order valence-electron chi connectivity index (χ4n) is 2.68. The van der Waals surface area contributed by atoms with Gasteiger partial charge in [-0.25, -0.2) is 0 Å². The van der Waals surface area contributed by atoms with Crippen LogP contribution in [0.2, 0.25) is 0 Å². The first kappa shape index (κ1) is 16.7. The van der Waals surface area contributed by atoms with Crippen molar-refractivity contribution in [2.75, 3.05) is 0 Å². The Bertz CT molecular complexity index is 281. The first-order valence-electron chi connectivity index (χ1n) is 8.28. The van der Waals surface area contributed by atoms with E-state index in [-0.39, 0.29) is 0 Å². The van der Waals surface area contributed by atoms with Crippen LogP contribution in [0.4, 0.5) is 0 Å². The molecule has 0 aromatic carbocycles. The zero-order chi connectivity index (χ0) is 13.8. The van der Waals surface area contributed by atoms with E-state index in [0.717, 1.165) is 5.92 Å². The molecule has 19 heavy (non-hydrogen) atoms. The van der Waals surface area contributed by atoms with Crippen molar-refractivity contribution in [1.82, 2.24) is 4.37 Å². The Balaban J connectivity index is 2.25. The first-order chi connectivity index (χ1) is 9.38. The van der Waals surface area contributed by atoms with Crippen molar-refractivity contribution in [1.29, 1.82) is 0 Å². The minimum absolute atomic E-state index is 0.727. The third-order valence-corrected chi connectivity index (χ3v) is 4.51. The normalized spacial score (nSPS) is 12.7. The maximum atomic E-state index is 4.57. The van der Waals surface area contributed by atoms with Gasteiger partial charge in [-0.15, -0.1) is 0 Å². The van der Waals surface area contributed by atoms with Crippen LogP contribution in [0, 0.1) is 0 Å². The van der Waals surface area contributed by atoms with Crippen molar-refractivity contribution in [3.63, 3.8) is 0 Å². The molecule has 0 aliphatic heterocycles. The quantitative estimate of drug-likeness (QED) is 0.395. The van der Waals surface area contributed by atoms with E-state index >= 15 is 0 Å². The molecular formula is C17H31NS. The van der Waals surface area contributed by atoms with E-state index < -0.39 is 0 Å². The van der Waals surface area contributed by atoms with Crippen molar-refractivity contribution in [3.05, 3.63) is 17.1 Å². The summed E-state index contributed by atoms with van der Waals surface area (Å²) in [5.41, 5.74) is 1.36. The molecule has 1 aromatic heterocycles. The highest BCUT2D eigenvalue weighted by Gasteiger charge is 2.12. The number of rotatable bonds is 12. The molecule has 0 amide bonds. The molecule has 0 spiro atoms. The second-order valence-electron chi connectivity index (χ2n) is 5.67. The molecule has 1 atom stereocenters. The molecule has 1 aromatic rings. The van der Waals surface area contributed by atoms with Crippen molar-refractivity contribution in [2.45, 2.75) is 90.4 Å². The fraction of sp³-hybridized carbons (Fsp3) is 0.824. The van der Waals surface area contributed by atoms with Gasteiger partial charge < -0.3 is 0 Å². The Morgan fingerprint density at radius 3 is 2.00 bits per heavy atom. The second kappa shape index (κ2) is 11.5. The van der Waals surface area contributed by atoms with Crippen molar-refractivity contribution in [3.8, 4) is 0 Å². The minimum atomic E-state index is 0.727. The molecule has 0 saturated carbocycles. The Kier molecular flexibility index (Phi) is 10.1. The molecular weight excluding hydrogens is 250 g/mol. The number of nitrogens with zero attached hydrogens (tertiary/aromatic N) is 1. The Morgan fingerprint density at radius 1 is 0.895 bits per heavy atom. The topological polar surface area (TPSA) is 12.9 Å². The first-order valence-corrected chi connectivity index (χ1v) is 9.12. The van der Waals surface area contributed by atoms with E-state index in [2.05, 4.69) is 29.7 Å². The Hall–Kier alpha value is -0.370. The Morgan fingerprint density at radius 2 is 1.47 bits per heavy atom. The highest BCUT2D eigenvalue weighted by atomic mass is 32.1. The van der Waals surface area contributed by atoms with E-state index in [1.165, 1.54) is 76.3 Å². The van der Waals surface area contributed by atoms with Gasteiger partial charge in [0.25, 0.3) is 0 Å². The maximum Gasteiger partial charge on any atom is 0.0573 e. The van der Waals surface area contributed by atoms with Gasteiger partial charge in [-0.1, -0.05) is 71.6 Å². The molecule has 0 bridgehead atoms. The molecule has 1 unspecified atom stereocenters.